The summed E-state index contributed by atoms with van der Waals surface area (Å²) in [5, 5.41) is 14.2. The van der Waals surface area contributed by atoms with Gasteiger partial charge in [0.2, 0.25) is 0 Å². The molecule has 0 aliphatic heterocycles. The molecule has 4 rings (SSSR count). The SMILES string of the molecule is CC.Cc1cc(C(C)Nc2ccc(Cl)nc2-c2ccc(O)c(C=O)c2)c2oc(C(C)C)c(C)c(=O)c2c1. The van der Waals surface area contributed by atoms with Crippen LogP contribution in [-0.2, 0) is 0 Å². The largest absolute Gasteiger partial charge is 0.507 e. The van der Waals surface area contributed by atoms with Crippen molar-refractivity contribution in [2.45, 2.75) is 60.4 Å². The third kappa shape index (κ3) is 5.70. The molecule has 2 aromatic heterocycles. The van der Waals surface area contributed by atoms with Gasteiger partial charge in [0, 0.05) is 22.6 Å². The molecule has 0 radical (unpaired) electrons. The quantitative estimate of drug-likeness (QED) is 0.198. The van der Waals surface area contributed by atoms with E-state index in [2.05, 4.69) is 10.3 Å². The van der Waals surface area contributed by atoms with Gasteiger partial charge in [-0.2, -0.15) is 0 Å². The Balaban J connectivity index is 0.00000186. The minimum Gasteiger partial charge on any atom is -0.507 e. The van der Waals surface area contributed by atoms with E-state index in [0.717, 1.165) is 11.1 Å². The van der Waals surface area contributed by atoms with Crippen molar-refractivity contribution in [3.05, 3.63) is 85.9 Å². The second kappa shape index (κ2) is 11.6. The summed E-state index contributed by atoms with van der Waals surface area (Å²) in [6.45, 7) is 13.7. The van der Waals surface area contributed by atoms with Crippen LogP contribution in [0.2, 0.25) is 5.15 Å². The monoisotopic (exact) mass is 520 g/mol. The van der Waals surface area contributed by atoms with Crippen molar-refractivity contribution < 1.29 is 14.3 Å². The fraction of sp³-hybridized carbons (Fsp3) is 0.300. The molecule has 0 bridgehead atoms. The maximum absolute atomic E-state index is 13.1. The number of aromatic nitrogens is 1. The lowest BCUT2D eigenvalue weighted by Crippen LogP contribution is -2.14. The number of carbonyl (C=O) groups excluding carboxylic acids is 1. The predicted molar refractivity (Wildman–Crippen MR) is 151 cm³/mol. The zero-order valence-corrected chi connectivity index (χ0v) is 23.0. The number of rotatable bonds is 6. The number of halogens is 1. The third-order valence-corrected chi connectivity index (χ3v) is 6.29. The number of hydrogen-bond donors (Lipinski definition) is 2. The van der Waals surface area contributed by atoms with Crippen LogP contribution in [0.1, 0.15) is 79.4 Å². The van der Waals surface area contributed by atoms with Gasteiger partial charge in [-0.15, -0.1) is 0 Å². The van der Waals surface area contributed by atoms with Gasteiger partial charge in [-0.05, 0) is 62.7 Å². The van der Waals surface area contributed by atoms with Crippen LogP contribution >= 0.6 is 11.6 Å². The van der Waals surface area contributed by atoms with Crippen LogP contribution in [0, 0.1) is 13.8 Å². The molecular weight excluding hydrogens is 488 g/mol. The Morgan fingerprint density at radius 2 is 1.76 bits per heavy atom. The zero-order valence-electron chi connectivity index (χ0n) is 22.3. The maximum Gasteiger partial charge on any atom is 0.195 e. The number of benzene rings is 2. The molecule has 2 heterocycles. The van der Waals surface area contributed by atoms with Crippen LogP contribution < -0.4 is 10.7 Å². The number of hydrogen-bond acceptors (Lipinski definition) is 6. The number of nitrogens with zero attached hydrogens (tertiary/aromatic N) is 1. The van der Waals surface area contributed by atoms with Crippen LogP contribution in [0.25, 0.3) is 22.2 Å². The number of nitrogens with one attached hydrogen (secondary N) is 1. The molecule has 0 amide bonds. The summed E-state index contributed by atoms with van der Waals surface area (Å²) in [4.78, 5) is 29.0. The standard InChI is InChI=1S/C28H27ClN2O4.C2H6/c1-14(2)27-16(4)26(34)21-11-15(3)10-20(28(21)35-27)17(5)30-22-7-9-24(29)31-25(22)18-6-8-23(33)19(12-18)13-32;1-2/h6-14,17,30,33H,1-5H3;1-2H3. The van der Waals surface area contributed by atoms with Crippen molar-refractivity contribution in [2.24, 2.45) is 0 Å². The van der Waals surface area contributed by atoms with Gasteiger partial charge in [-0.25, -0.2) is 4.98 Å². The number of anilines is 1. The first-order valence-corrected chi connectivity index (χ1v) is 12.8. The van der Waals surface area contributed by atoms with Gasteiger partial charge in [0.1, 0.15) is 22.2 Å². The van der Waals surface area contributed by atoms with Gasteiger partial charge in [0.05, 0.1) is 28.4 Å². The van der Waals surface area contributed by atoms with Gasteiger partial charge in [-0.1, -0.05) is 45.4 Å². The number of phenols is 1. The second-order valence-electron chi connectivity index (χ2n) is 9.09. The Kier molecular flexibility index (Phi) is 8.77. The minimum atomic E-state index is -0.257. The van der Waals surface area contributed by atoms with E-state index < -0.39 is 0 Å². The molecule has 2 aromatic carbocycles. The third-order valence-electron chi connectivity index (χ3n) is 6.08. The van der Waals surface area contributed by atoms with Crippen molar-refractivity contribution in [1.82, 2.24) is 4.98 Å². The first-order chi connectivity index (χ1) is 17.6. The summed E-state index contributed by atoms with van der Waals surface area (Å²) in [7, 11) is 0. The lowest BCUT2D eigenvalue weighted by Gasteiger charge is -2.21. The summed E-state index contributed by atoms with van der Waals surface area (Å²) >= 11 is 6.20. The van der Waals surface area contributed by atoms with Gasteiger partial charge in [-0.3, -0.25) is 9.59 Å². The van der Waals surface area contributed by atoms with Crippen molar-refractivity contribution in [3.8, 4) is 17.0 Å². The fourth-order valence-corrected chi connectivity index (χ4v) is 4.48. The van der Waals surface area contributed by atoms with E-state index in [1.807, 2.05) is 59.7 Å². The average molecular weight is 521 g/mol. The van der Waals surface area contributed by atoms with Gasteiger partial charge in [0.15, 0.2) is 11.7 Å². The lowest BCUT2D eigenvalue weighted by molar-refractivity contribution is 0.112. The van der Waals surface area contributed by atoms with Crippen LogP contribution in [0.15, 0.2) is 51.7 Å². The molecule has 1 unspecified atom stereocenters. The van der Waals surface area contributed by atoms with Gasteiger partial charge in [0.25, 0.3) is 0 Å². The highest BCUT2D eigenvalue weighted by molar-refractivity contribution is 6.29. The fourth-order valence-electron chi connectivity index (χ4n) is 4.34. The molecule has 0 saturated heterocycles. The Hall–Kier alpha value is -3.64. The smallest absolute Gasteiger partial charge is 0.195 e. The van der Waals surface area contributed by atoms with Crippen LogP contribution in [-0.4, -0.2) is 16.4 Å². The van der Waals surface area contributed by atoms with Crippen molar-refractivity contribution in [1.29, 1.82) is 0 Å². The number of phenolic OH excluding ortho intramolecular Hbond substituents is 1. The number of fused-ring (bicyclic) bond motifs is 1. The topological polar surface area (TPSA) is 92.4 Å². The van der Waals surface area contributed by atoms with E-state index >= 15 is 0 Å². The van der Waals surface area contributed by atoms with E-state index in [4.69, 9.17) is 16.0 Å². The Morgan fingerprint density at radius 3 is 2.41 bits per heavy atom. The lowest BCUT2D eigenvalue weighted by atomic mass is 9.98. The first kappa shape index (κ1) is 27.9. The predicted octanol–water partition coefficient (Wildman–Crippen LogP) is 7.97. The summed E-state index contributed by atoms with van der Waals surface area (Å²) in [6, 6.07) is 11.8. The zero-order chi connectivity index (χ0) is 27.4. The molecule has 4 aromatic rings. The molecular formula is C30H33ClN2O4. The van der Waals surface area contributed by atoms with E-state index in [1.54, 1.807) is 25.1 Å². The second-order valence-corrected chi connectivity index (χ2v) is 9.48. The van der Waals surface area contributed by atoms with Crippen molar-refractivity contribution in [3.63, 3.8) is 0 Å². The number of aromatic hydroxyl groups is 1. The first-order valence-electron chi connectivity index (χ1n) is 12.4. The molecule has 194 valence electrons. The molecule has 0 saturated carbocycles. The summed E-state index contributed by atoms with van der Waals surface area (Å²) < 4.78 is 6.31. The number of pyridine rings is 1. The van der Waals surface area contributed by atoms with E-state index in [0.29, 0.717) is 50.7 Å². The van der Waals surface area contributed by atoms with Crippen LogP contribution in [0.3, 0.4) is 0 Å². The normalized spacial score (nSPS) is 11.7. The van der Waals surface area contributed by atoms with E-state index in [1.165, 1.54) is 6.07 Å². The Morgan fingerprint density at radius 1 is 1.05 bits per heavy atom. The van der Waals surface area contributed by atoms with Crippen molar-refractivity contribution in [2.75, 3.05) is 5.32 Å². The molecule has 0 fully saturated rings. The Labute approximate surface area is 222 Å². The number of aldehydes is 1. The van der Waals surface area contributed by atoms with E-state index in [-0.39, 0.29) is 28.7 Å². The molecule has 0 spiro atoms. The molecule has 0 aliphatic carbocycles. The molecule has 2 N–H and O–H groups in total. The maximum atomic E-state index is 13.1. The average Bonchev–Trinajstić information content (AvgIpc) is 2.88. The minimum absolute atomic E-state index is 0.0218. The van der Waals surface area contributed by atoms with Gasteiger partial charge < -0.3 is 14.8 Å². The van der Waals surface area contributed by atoms with Gasteiger partial charge >= 0.3 is 0 Å². The number of aryl methyl sites for hydroxylation is 1. The highest BCUT2D eigenvalue weighted by atomic mass is 35.5. The van der Waals surface area contributed by atoms with E-state index in [9.17, 15) is 14.7 Å². The highest BCUT2D eigenvalue weighted by Crippen LogP contribution is 2.35. The molecule has 0 aliphatic rings. The van der Waals surface area contributed by atoms with Crippen LogP contribution in [0.5, 0.6) is 5.75 Å². The summed E-state index contributed by atoms with van der Waals surface area (Å²) in [6.07, 6.45) is 0.592. The molecule has 1 atom stereocenters. The highest BCUT2D eigenvalue weighted by Gasteiger charge is 2.20. The summed E-state index contributed by atoms with van der Waals surface area (Å²) in [5.41, 5.74) is 4.96. The number of carbonyl (C=O) groups is 1. The Bertz CT molecular complexity index is 1510. The molecule has 37 heavy (non-hydrogen) atoms. The van der Waals surface area contributed by atoms with Crippen LogP contribution in [0.4, 0.5) is 5.69 Å². The molecule has 6 nitrogen and oxygen atoms in total. The molecule has 7 heteroatoms. The summed E-state index contributed by atoms with van der Waals surface area (Å²) in [5.74, 6) is 0.642. The van der Waals surface area contributed by atoms with Crippen molar-refractivity contribution >= 4 is 34.5 Å².